The van der Waals surface area contributed by atoms with Crippen LogP contribution in [0, 0.1) is 5.82 Å². The van der Waals surface area contributed by atoms with Crippen molar-refractivity contribution in [2.75, 3.05) is 13.1 Å². The molecule has 0 radical (unpaired) electrons. The molecule has 0 amide bonds. The van der Waals surface area contributed by atoms with Crippen LogP contribution in [0.2, 0.25) is 5.02 Å². The second kappa shape index (κ2) is 6.21. The summed E-state index contributed by atoms with van der Waals surface area (Å²) in [5.41, 5.74) is -0.158. The first-order valence-electron chi connectivity index (χ1n) is 5.13. The molecular formula is C11H10ClF4NO2. The Balaban J connectivity index is 2.90. The number of alkyl halides is 3. The fourth-order valence-corrected chi connectivity index (χ4v) is 1.74. The van der Waals surface area contributed by atoms with Crippen LogP contribution < -0.4 is 0 Å². The smallest absolute Gasteiger partial charge is 0.401 e. The summed E-state index contributed by atoms with van der Waals surface area (Å²) < 4.78 is 50.3. The Kier molecular flexibility index (Phi) is 5.13. The zero-order chi connectivity index (χ0) is 14.6. The molecule has 0 bridgehead atoms. The fourth-order valence-electron chi connectivity index (χ4n) is 1.52. The zero-order valence-corrected chi connectivity index (χ0v) is 10.3. The predicted molar refractivity (Wildman–Crippen MR) is 60.4 cm³/mol. The lowest BCUT2D eigenvalue weighted by molar-refractivity contribution is -0.154. The van der Waals surface area contributed by atoms with Gasteiger partial charge in [0, 0.05) is 17.1 Å². The highest BCUT2D eigenvalue weighted by Gasteiger charge is 2.32. The predicted octanol–water partition coefficient (Wildman–Crippen LogP) is 2.93. The van der Waals surface area contributed by atoms with Gasteiger partial charge in [-0.05, 0) is 12.1 Å². The molecule has 0 aromatic heterocycles. The summed E-state index contributed by atoms with van der Waals surface area (Å²) in [4.78, 5) is 11.1. The molecule has 106 valence electrons. The highest BCUT2D eigenvalue weighted by Crippen LogP contribution is 2.23. The van der Waals surface area contributed by atoms with Crippen LogP contribution in [0.1, 0.15) is 5.56 Å². The number of rotatable bonds is 5. The number of aliphatic carboxylic acids is 1. The van der Waals surface area contributed by atoms with Crippen molar-refractivity contribution in [2.24, 2.45) is 0 Å². The van der Waals surface area contributed by atoms with Gasteiger partial charge < -0.3 is 5.11 Å². The minimum Gasteiger partial charge on any atom is -0.480 e. The minimum absolute atomic E-state index is 0.0439. The average molecular weight is 300 g/mol. The second-order valence-corrected chi connectivity index (χ2v) is 4.26. The Bertz CT molecular complexity index is 444. The van der Waals surface area contributed by atoms with Crippen LogP contribution in [-0.4, -0.2) is 35.2 Å². The van der Waals surface area contributed by atoms with Gasteiger partial charge in [-0.2, -0.15) is 13.2 Å². The third-order valence-electron chi connectivity index (χ3n) is 2.21. The third-order valence-corrected chi connectivity index (χ3v) is 2.56. The van der Waals surface area contributed by atoms with Crippen molar-refractivity contribution >= 4 is 17.6 Å². The maximum absolute atomic E-state index is 13.4. The van der Waals surface area contributed by atoms with Gasteiger partial charge in [-0.3, -0.25) is 9.69 Å². The third kappa shape index (κ3) is 5.44. The molecule has 0 spiro atoms. The first-order chi connectivity index (χ1) is 8.69. The molecule has 0 heterocycles. The number of hydrogen-bond acceptors (Lipinski definition) is 2. The second-order valence-electron chi connectivity index (χ2n) is 3.85. The highest BCUT2D eigenvalue weighted by molar-refractivity contribution is 6.31. The molecule has 0 aliphatic heterocycles. The normalized spacial score (nSPS) is 11.9. The molecule has 0 saturated carbocycles. The van der Waals surface area contributed by atoms with E-state index < -0.39 is 37.6 Å². The standard InChI is InChI=1S/C11H10ClF4NO2/c12-8-2-1-3-9(13)7(8)4-17(5-10(18)19)6-11(14,15)16/h1-3H,4-6H2,(H,18,19). The van der Waals surface area contributed by atoms with Gasteiger partial charge in [0.05, 0.1) is 13.1 Å². The van der Waals surface area contributed by atoms with E-state index >= 15 is 0 Å². The van der Waals surface area contributed by atoms with Gasteiger partial charge in [-0.15, -0.1) is 0 Å². The van der Waals surface area contributed by atoms with Crippen molar-refractivity contribution < 1.29 is 27.5 Å². The molecule has 3 nitrogen and oxygen atoms in total. The Morgan fingerprint density at radius 1 is 1.37 bits per heavy atom. The topological polar surface area (TPSA) is 40.5 Å². The lowest BCUT2D eigenvalue weighted by Crippen LogP contribution is -2.37. The fraction of sp³-hybridized carbons (Fsp3) is 0.364. The molecular weight excluding hydrogens is 290 g/mol. The van der Waals surface area contributed by atoms with Crippen LogP contribution in [0.25, 0.3) is 0 Å². The summed E-state index contributed by atoms with van der Waals surface area (Å²) in [6.07, 6.45) is -4.58. The van der Waals surface area contributed by atoms with Gasteiger partial charge in [0.1, 0.15) is 5.82 Å². The van der Waals surface area contributed by atoms with Crippen LogP contribution in [-0.2, 0) is 11.3 Å². The van der Waals surface area contributed by atoms with Crippen LogP contribution in [0.15, 0.2) is 18.2 Å². The lowest BCUT2D eigenvalue weighted by Gasteiger charge is -2.22. The van der Waals surface area contributed by atoms with Crippen molar-refractivity contribution in [1.82, 2.24) is 4.90 Å². The molecule has 0 atom stereocenters. The Labute approximate surface area is 111 Å². The largest absolute Gasteiger partial charge is 0.480 e. The molecule has 0 fully saturated rings. The maximum atomic E-state index is 13.4. The van der Waals surface area contributed by atoms with Crippen molar-refractivity contribution in [1.29, 1.82) is 0 Å². The van der Waals surface area contributed by atoms with Crippen LogP contribution in [0.3, 0.4) is 0 Å². The zero-order valence-electron chi connectivity index (χ0n) is 9.55. The number of benzene rings is 1. The van der Waals surface area contributed by atoms with Gasteiger partial charge in [0.2, 0.25) is 0 Å². The molecule has 1 aromatic rings. The quantitative estimate of drug-likeness (QED) is 0.850. The molecule has 0 saturated heterocycles. The number of carboxylic acid groups (broad SMARTS) is 1. The van der Waals surface area contributed by atoms with Crippen LogP contribution in [0.5, 0.6) is 0 Å². The van der Waals surface area contributed by atoms with E-state index in [1.54, 1.807) is 0 Å². The number of halogens is 5. The monoisotopic (exact) mass is 299 g/mol. The summed E-state index contributed by atoms with van der Waals surface area (Å²) in [6.45, 7) is -2.84. The minimum atomic E-state index is -4.58. The Morgan fingerprint density at radius 3 is 2.47 bits per heavy atom. The summed E-state index contributed by atoms with van der Waals surface area (Å²) in [6, 6.07) is 3.69. The van der Waals surface area contributed by atoms with Crippen molar-refractivity contribution in [3.05, 3.63) is 34.6 Å². The molecule has 0 aliphatic carbocycles. The summed E-state index contributed by atoms with van der Waals surface area (Å²) in [5, 5.41) is 8.52. The van der Waals surface area contributed by atoms with Crippen LogP contribution in [0.4, 0.5) is 17.6 Å². The molecule has 0 aliphatic rings. The lowest BCUT2D eigenvalue weighted by atomic mass is 10.2. The van der Waals surface area contributed by atoms with E-state index in [2.05, 4.69) is 0 Å². The molecule has 1 aromatic carbocycles. The molecule has 19 heavy (non-hydrogen) atoms. The summed E-state index contributed by atoms with van der Waals surface area (Å²) >= 11 is 5.69. The van der Waals surface area contributed by atoms with Gasteiger partial charge in [-0.1, -0.05) is 17.7 Å². The van der Waals surface area contributed by atoms with Gasteiger partial charge in [0.25, 0.3) is 0 Å². The Hall–Kier alpha value is -1.34. The first kappa shape index (κ1) is 15.7. The van der Waals surface area contributed by atoms with Crippen LogP contribution >= 0.6 is 11.6 Å². The number of carboxylic acids is 1. The van der Waals surface area contributed by atoms with E-state index in [0.717, 1.165) is 6.07 Å². The molecule has 1 N–H and O–H groups in total. The summed E-state index contributed by atoms with van der Waals surface area (Å²) in [5.74, 6) is -2.21. The molecule has 0 unspecified atom stereocenters. The number of nitrogens with zero attached hydrogens (tertiary/aromatic N) is 1. The van der Waals surface area contributed by atoms with E-state index in [0.29, 0.717) is 4.90 Å². The molecule has 1 rings (SSSR count). The molecule has 8 heteroatoms. The van der Waals surface area contributed by atoms with E-state index in [-0.39, 0.29) is 10.6 Å². The average Bonchev–Trinajstić information content (AvgIpc) is 2.20. The van der Waals surface area contributed by atoms with Gasteiger partial charge in [0.15, 0.2) is 0 Å². The number of carbonyl (C=O) groups is 1. The van der Waals surface area contributed by atoms with E-state index in [9.17, 15) is 22.4 Å². The van der Waals surface area contributed by atoms with Crippen molar-refractivity contribution in [2.45, 2.75) is 12.7 Å². The number of hydrogen-bond donors (Lipinski definition) is 1. The highest BCUT2D eigenvalue weighted by atomic mass is 35.5. The van der Waals surface area contributed by atoms with E-state index in [1.807, 2.05) is 0 Å². The Morgan fingerprint density at radius 2 is 2.00 bits per heavy atom. The van der Waals surface area contributed by atoms with E-state index in [1.165, 1.54) is 12.1 Å². The SMILES string of the molecule is O=C(O)CN(Cc1c(F)cccc1Cl)CC(F)(F)F. The van der Waals surface area contributed by atoms with E-state index in [4.69, 9.17) is 16.7 Å². The summed E-state index contributed by atoms with van der Waals surface area (Å²) in [7, 11) is 0. The van der Waals surface area contributed by atoms with Gasteiger partial charge in [-0.25, -0.2) is 4.39 Å². The van der Waals surface area contributed by atoms with Crippen molar-refractivity contribution in [3.63, 3.8) is 0 Å². The maximum Gasteiger partial charge on any atom is 0.401 e. The van der Waals surface area contributed by atoms with Gasteiger partial charge >= 0.3 is 12.1 Å². The van der Waals surface area contributed by atoms with Crippen molar-refractivity contribution in [3.8, 4) is 0 Å². The first-order valence-corrected chi connectivity index (χ1v) is 5.50.